The lowest BCUT2D eigenvalue weighted by molar-refractivity contribution is -0.140. The maximum absolute atomic E-state index is 10.9. The number of ether oxygens (including phenoxy) is 1. The zero-order valence-corrected chi connectivity index (χ0v) is 10.6. The van der Waals surface area contributed by atoms with E-state index in [1.807, 2.05) is 0 Å². The third kappa shape index (κ3) is 5.16. The van der Waals surface area contributed by atoms with Crippen molar-refractivity contribution in [1.82, 2.24) is 0 Å². The lowest BCUT2D eigenvalue weighted by Gasteiger charge is -2.10. The Bertz CT molecular complexity index is 271. The monoisotopic (exact) mass is 238 g/mol. The molecule has 0 aromatic carbocycles. The molecule has 2 atom stereocenters. The molecular formula is C14H22O3. The highest BCUT2D eigenvalue weighted by molar-refractivity contribution is 5.69. The highest BCUT2D eigenvalue weighted by Crippen LogP contribution is 2.32. The topological polar surface area (TPSA) is 43.4 Å². The molecule has 1 saturated carbocycles. The van der Waals surface area contributed by atoms with Crippen molar-refractivity contribution < 1.29 is 14.3 Å². The Morgan fingerprint density at radius 3 is 2.88 bits per heavy atom. The van der Waals surface area contributed by atoms with E-state index in [0.717, 1.165) is 32.0 Å². The Balaban J connectivity index is 2.09. The second-order valence-corrected chi connectivity index (χ2v) is 4.67. The number of esters is 1. The molecule has 0 aliphatic heterocycles. The summed E-state index contributed by atoms with van der Waals surface area (Å²) in [5.41, 5.74) is 0. The van der Waals surface area contributed by atoms with Gasteiger partial charge in [-0.05, 0) is 38.0 Å². The summed E-state index contributed by atoms with van der Waals surface area (Å²) >= 11 is 0. The predicted octanol–water partition coefficient (Wildman–Crippen LogP) is 2.89. The summed E-state index contributed by atoms with van der Waals surface area (Å²) < 4.78 is 4.56. The van der Waals surface area contributed by atoms with Crippen molar-refractivity contribution in [3.63, 3.8) is 0 Å². The Labute approximate surface area is 103 Å². The van der Waals surface area contributed by atoms with E-state index >= 15 is 0 Å². The summed E-state index contributed by atoms with van der Waals surface area (Å²) in [6.07, 6.45) is 12.0. The van der Waals surface area contributed by atoms with Crippen LogP contribution < -0.4 is 0 Å². The minimum Gasteiger partial charge on any atom is -0.469 e. The number of rotatable bonds is 7. The van der Waals surface area contributed by atoms with Crippen LogP contribution in [0, 0.1) is 11.8 Å². The van der Waals surface area contributed by atoms with Crippen LogP contribution in [0.2, 0.25) is 0 Å². The quantitative estimate of drug-likeness (QED) is 0.296. The number of carbonyl (C=O) groups excluding carboxylic acids is 2. The fourth-order valence-corrected chi connectivity index (χ4v) is 2.39. The highest BCUT2D eigenvalue weighted by atomic mass is 16.5. The number of carbonyl (C=O) groups is 2. The number of allylic oxidation sites excluding steroid dienone is 2. The van der Waals surface area contributed by atoms with Crippen LogP contribution >= 0.6 is 0 Å². The molecule has 96 valence electrons. The van der Waals surface area contributed by atoms with Crippen LogP contribution in [0.15, 0.2) is 12.2 Å². The maximum atomic E-state index is 10.9. The molecule has 0 bridgehead atoms. The van der Waals surface area contributed by atoms with Crippen LogP contribution in [-0.4, -0.2) is 19.4 Å². The third-order valence-electron chi connectivity index (χ3n) is 3.48. The molecule has 0 aromatic rings. The number of aldehydes is 1. The van der Waals surface area contributed by atoms with E-state index in [1.165, 1.54) is 20.0 Å². The summed E-state index contributed by atoms with van der Waals surface area (Å²) in [6, 6.07) is 0. The van der Waals surface area contributed by atoms with Gasteiger partial charge in [-0.3, -0.25) is 4.79 Å². The Morgan fingerprint density at radius 2 is 2.18 bits per heavy atom. The normalized spacial score (nSPS) is 24.1. The van der Waals surface area contributed by atoms with E-state index in [1.54, 1.807) is 0 Å². The second kappa shape index (κ2) is 8.04. The molecule has 1 rings (SSSR count). The first-order valence-corrected chi connectivity index (χ1v) is 6.45. The first-order valence-electron chi connectivity index (χ1n) is 6.45. The van der Waals surface area contributed by atoms with Gasteiger partial charge in [-0.1, -0.05) is 18.6 Å². The van der Waals surface area contributed by atoms with E-state index in [9.17, 15) is 9.59 Å². The van der Waals surface area contributed by atoms with Crippen LogP contribution in [0.5, 0.6) is 0 Å². The van der Waals surface area contributed by atoms with Crippen molar-refractivity contribution in [2.75, 3.05) is 7.11 Å². The molecule has 0 N–H and O–H groups in total. The number of hydrogen-bond donors (Lipinski definition) is 0. The average Bonchev–Trinajstić information content (AvgIpc) is 2.80. The minimum absolute atomic E-state index is 0.143. The summed E-state index contributed by atoms with van der Waals surface area (Å²) in [7, 11) is 1.41. The molecule has 0 unspecified atom stereocenters. The van der Waals surface area contributed by atoms with Gasteiger partial charge in [0, 0.05) is 12.3 Å². The molecule has 3 nitrogen and oxygen atoms in total. The van der Waals surface area contributed by atoms with E-state index in [4.69, 9.17) is 0 Å². The number of methoxy groups -OCH3 is 1. The smallest absolute Gasteiger partial charge is 0.305 e. The fourth-order valence-electron chi connectivity index (χ4n) is 2.39. The van der Waals surface area contributed by atoms with E-state index < -0.39 is 0 Å². The van der Waals surface area contributed by atoms with Gasteiger partial charge < -0.3 is 9.53 Å². The summed E-state index contributed by atoms with van der Waals surface area (Å²) in [5, 5.41) is 0. The molecule has 0 spiro atoms. The molecule has 0 amide bonds. The Hall–Kier alpha value is -1.12. The van der Waals surface area contributed by atoms with Gasteiger partial charge in [-0.2, -0.15) is 0 Å². The molecule has 3 heteroatoms. The van der Waals surface area contributed by atoms with Crippen LogP contribution in [-0.2, 0) is 14.3 Å². The lowest BCUT2D eigenvalue weighted by atomic mass is 9.94. The van der Waals surface area contributed by atoms with Crippen LogP contribution in [0.25, 0.3) is 0 Å². The first-order chi connectivity index (χ1) is 8.27. The van der Waals surface area contributed by atoms with Gasteiger partial charge >= 0.3 is 5.97 Å². The van der Waals surface area contributed by atoms with Crippen molar-refractivity contribution in [3.05, 3.63) is 12.2 Å². The van der Waals surface area contributed by atoms with Crippen LogP contribution in [0.1, 0.15) is 44.9 Å². The zero-order valence-electron chi connectivity index (χ0n) is 10.6. The zero-order chi connectivity index (χ0) is 12.5. The van der Waals surface area contributed by atoms with Crippen LogP contribution in [0.3, 0.4) is 0 Å². The predicted molar refractivity (Wildman–Crippen MR) is 66.5 cm³/mol. The Kier molecular flexibility index (Phi) is 6.60. The van der Waals surface area contributed by atoms with Crippen LogP contribution in [0.4, 0.5) is 0 Å². The van der Waals surface area contributed by atoms with Gasteiger partial charge in [-0.25, -0.2) is 0 Å². The lowest BCUT2D eigenvalue weighted by Crippen LogP contribution is -2.07. The molecule has 0 saturated heterocycles. The molecule has 1 aliphatic rings. The van der Waals surface area contributed by atoms with Crippen molar-refractivity contribution in [1.29, 1.82) is 0 Å². The maximum Gasteiger partial charge on any atom is 0.305 e. The summed E-state index contributed by atoms with van der Waals surface area (Å²) in [6.45, 7) is 0. The molecule has 0 radical (unpaired) electrons. The molecule has 0 aromatic heterocycles. The molecule has 1 aliphatic carbocycles. The fraction of sp³-hybridized carbons (Fsp3) is 0.714. The van der Waals surface area contributed by atoms with E-state index in [-0.39, 0.29) is 11.9 Å². The van der Waals surface area contributed by atoms with Crippen molar-refractivity contribution in [2.45, 2.75) is 44.9 Å². The SMILES string of the molecule is COC(=O)CCCC=CC[C@@H]1CCC[C@H]1C=O. The van der Waals surface area contributed by atoms with Gasteiger partial charge in [0.2, 0.25) is 0 Å². The van der Waals surface area contributed by atoms with Crippen molar-refractivity contribution in [2.24, 2.45) is 11.8 Å². The van der Waals surface area contributed by atoms with Gasteiger partial charge in [-0.15, -0.1) is 0 Å². The number of hydrogen-bond acceptors (Lipinski definition) is 3. The molecule has 1 fully saturated rings. The van der Waals surface area contributed by atoms with Crippen molar-refractivity contribution in [3.8, 4) is 0 Å². The molecule has 17 heavy (non-hydrogen) atoms. The highest BCUT2D eigenvalue weighted by Gasteiger charge is 2.25. The van der Waals surface area contributed by atoms with E-state index in [2.05, 4.69) is 16.9 Å². The first kappa shape index (κ1) is 13.9. The largest absolute Gasteiger partial charge is 0.469 e. The van der Waals surface area contributed by atoms with E-state index in [0.29, 0.717) is 12.3 Å². The standard InChI is InChI=1S/C14H22O3/c1-17-14(16)10-5-3-2-4-7-12-8-6-9-13(12)11-15/h2,4,11-13H,3,5-10H2,1H3/t12-,13+/m1/s1. The molecular weight excluding hydrogens is 216 g/mol. The van der Waals surface area contributed by atoms with Gasteiger partial charge in [0.05, 0.1) is 7.11 Å². The Morgan fingerprint density at radius 1 is 1.35 bits per heavy atom. The summed E-state index contributed by atoms with van der Waals surface area (Å²) in [5.74, 6) is 0.675. The minimum atomic E-state index is -0.143. The third-order valence-corrected chi connectivity index (χ3v) is 3.48. The van der Waals surface area contributed by atoms with Gasteiger partial charge in [0.15, 0.2) is 0 Å². The average molecular weight is 238 g/mol. The molecule has 0 heterocycles. The second-order valence-electron chi connectivity index (χ2n) is 4.67. The van der Waals surface area contributed by atoms with Gasteiger partial charge in [0.25, 0.3) is 0 Å². The van der Waals surface area contributed by atoms with Gasteiger partial charge in [0.1, 0.15) is 6.29 Å². The summed E-state index contributed by atoms with van der Waals surface area (Å²) in [4.78, 5) is 21.6. The van der Waals surface area contributed by atoms with Crippen molar-refractivity contribution >= 4 is 12.3 Å². The number of unbranched alkanes of at least 4 members (excludes halogenated alkanes) is 1.